The van der Waals surface area contributed by atoms with Gasteiger partial charge in [-0.05, 0) is 42.0 Å². The number of aromatic hydroxyl groups is 1. The Morgan fingerprint density at radius 3 is 2.65 bits per heavy atom. The average Bonchev–Trinajstić information content (AvgIpc) is 2.45. The molecule has 0 saturated carbocycles. The highest BCUT2D eigenvalue weighted by atomic mass is 32.2. The molecule has 4 heteroatoms. The van der Waals surface area contributed by atoms with Gasteiger partial charge in [-0.15, -0.1) is 11.8 Å². The molecule has 0 bridgehead atoms. The molecule has 1 N–H and O–H groups in total. The summed E-state index contributed by atoms with van der Waals surface area (Å²) in [5.41, 5.74) is 1.90. The quantitative estimate of drug-likeness (QED) is 0.808. The molecular weight excluding hydrogens is 275 g/mol. The number of phenols is 1. The van der Waals surface area contributed by atoms with E-state index in [2.05, 4.69) is 0 Å². The van der Waals surface area contributed by atoms with Crippen LogP contribution in [0.15, 0.2) is 52.9 Å². The zero-order chi connectivity index (χ0) is 14.1. The van der Waals surface area contributed by atoms with Gasteiger partial charge in [0.2, 0.25) is 0 Å². The summed E-state index contributed by atoms with van der Waals surface area (Å²) >= 11 is 1.53. The van der Waals surface area contributed by atoms with E-state index in [1.807, 2.05) is 0 Å². The molecule has 1 heterocycles. The highest BCUT2D eigenvalue weighted by Gasteiger charge is 2.22. The van der Waals surface area contributed by atoms with Gasteiger partial charge in [0.1, 0.15) is 11.6 Å². The smallest absolute Gasteiger partial charge is 0.191 e. The molecule has 0 saturated heterocycles. The molecule has 0 spiro atoms. The van der Waals surface area contributed by atoms with Crippen molar-refractivity contribution in [3.8, 4) is 5.75 Å². The third-order valence-corrected chi connectivity index (χ3v) is 4.22. The summed E-state index contributed by atoms with van der Waals surface area (Å²) < 4.78 is 13.3. The number of thioether (sulfide) groups is 1. The van der Waals surface area contributed by atoms with Crippen LogP contribution in [0, 0.1) is 5.82 Å². The van der Waals surface area contributed by atoms with Crippen LogP contribution in [-0.2, 0) is 0 Å². The number of carbonyl (C=O) groups is 1. The van der Waals surface area contributed by atoms with E-state index >= 15 is 0 Å². The number of halogens is 1. The van der Waals surface area contributed by atoms with Gasteiger partial charge in [-0.3, -0.25) is 4.79 Å². The Bertz CT molecular complexity index is 705. The van der Waals surface area contributed by atoms with Crippen molar-refractivity contribution in [2.24, 2.45) is 0 Å². The summed E-state index contributed by atoms with van der Waals surface area (Å²) in [5, 5.41) is 9.24. The Kier molecular flexibility index (Phi) is 3.32. The van der Waals surface area contributed by atoms with Crippen molar-refractivity contribution in [3.63, 3.8) is 0 Å². The maximum absolute atomic E-state index is 13.3. The molecule has 100 valence electrons. The second kappa shape index (κ2) is 5.13. The lowest BCUT2D eigenvalue weighted by molar-refractivity contribution is 0.103. The Morgan fingerprint density at radius 1 is 1.15 bits per heavy atom. The second-order valence-electron chi connectivity index (χ2n) is 4.52. The van der Waals surface area contributed by atoms with Gasteiger partial charge >= 0.3 is 0 Å². The summed E-state index contributed by atoms with van der Waals surface area (Å²) in [6.07, 6.45) is 1.78. The number of carbonyl (C=O) groups excluding carboxylic acids is 1. The van der Waals surface area contributed by atoms with Gasteiger partial charge in [-0.2, -0.15) is 0 Å². The largest absolute Gasteiger partial charge is 0.508 e. The van der Waals surface area contributed by atoms with Gasteiger partial charge in [0.25, 0.3) is 0 Å². The molecule has 2 aromatic carbocycles. The maximum Gasteiger partial charge on any atom is 0.191 e. The molecule has 0 amide bonds. The SMILES string of the molecule is O=C1/C(=C/c2ccc(O)cc2)CSc2ccc(F)cc21. The van der Waals surface area contributed by atoms with Gasteiger partial charge < -0.3 is 5.11 Å². The topological polar surface area (TPSA) is 37.3 Å². The number of benzene rings is 2. The van der Waals surface area contributed by atoms with Crippen molar-refractivity contribution in [1.29, 1.82) is 0 Å². The van der Waals surface area contributed by atoms with E-state index in [1.54, 1.807) is 36.4 Å². The van der Waals surface area contributed by atoms with Gasteiger partial charge in [-0.25, -0.2) is 4.39 Å². The average molecular weight is 286 g/mol. The van der Waals surface area contributed by atoms with Crippen molar-refractivity contribution in [2.75, 3.05) is 5.75 Å². The number of fused-ring (bicyclic) bond motifs is 1. The Labute approximate surface area is 119 Å². The summed E-state index contributed by atoms with van der Waals surface area (Å²) in [7, 11) is 0. The second-order valence-corrected chi connectivity index (χ2v) is 5.54. The number of hydrogen-bond donors (Lipinski definition) is 1. The van der Waals surface area contributed by atoms with E-state index in [0.29, 0.717) is 16.9 Å². The molecule has 2 aromatic rings. The standard InChI is InChI=1S/C16H11FO2S/c17-12-3-6-15-14(8-12)16(19)11(9-20-15)7-10-1-4-13(18)5-2-10/h1-8,18H,9H2/b11-7+. The minimum atomic E-state index is -0.399. The van der Waals surface area contributed by atoms with Crippen LogP contribution in [0.2, 0.25) is 0 Å². The van der Waals surface area contributed by atoms with Crippen LogP contribution in [0.3, 0.4) is 0 Å². The molecule has 0 atom stereocenters. The number of phenolic OH excluding ortho intramolecular Hbond substituents is 1. The number of rotatable bonds is 1. The lowest BCUT2D eigenvalue weighted by Gasteiger charge is -2.16. The first kappa shape index (κ1) is 12.9. The molecular formula is C16H11FO2S. The molecule has 2 nitrogen and oxygen atoms in total. The highest BCUT2D eigenvalue weighted by Crippen LogP contribution is 2.33. The Morgan fingerprint density at radius 2 is 1.90 bits per heavy atom. The Balaban J connectivity index is 1.97. The Hall–Kier alpha value is -2.07. The predicted molar refractivity (Wildman–Crippen MR) is 77.5 cm³/mol. The third kappa shape index (κ3) is 2.47. The molecule has 20 heavy (non-hydrogen) atoms. The van der Waals surface area contributed by atoms with Crippen LogP contribution in [-0.4, -0.2) is 16.6 Å². The summed E-state index contributed by atoms with van der Waals surface area (Å²) in [6, 6.07) is 10.9. The van der Waals surface area contributed by atoms with Crippen LogP contribution < -0.4 is 0 Å². The van der Waals surface area contributed by atoms with Crippen molar-refractivity contribution in [3.05, 3.63) is 65.0 Å². The minimum Gasteiger partial charge on any atom is -0.508 e. The van der Waals surface area contributed by atoms with Crippen molar-refractivity contribution >= 4 is 23.6 Å². The van der Waals surface area contributed by atoms with Crippen molar-refractivity contribution in [2.45, 2.75) is 4.90 Å². The fourth-order valence-corrected chi connectivity index (χ4v) is 3.08. The van der Waals surface area contributed by atoms with E-state index in [1.165, 1.54) is 23.9 Å². The summed E-state index contributed by atoms with van der Waals surface area (Å²) in [5.74, 6) is 0.219. The lowest BCUT2D eigenvalue weighted by atomic mass is 10.0. The molecule has 0 fully saturated rings. The van der Waals surface area contributed by atoms with E-state index < -0.39 is 5.82 Å². The van der Waals surface area contributed by atoms with Gasteiger partial charge in [0.05, 0.1) is 0 Å². The number of hydrogen-bond acceptors (Lipinski definition) is 3. The molecule has 0 aromatic heterocycles. The van der Waals surface area contributed by atoms with E-state index in [-0.39, 0.29) is 11.5 Å². The predicted octanol–water partition coefficient (Wildman–Crippen LogP) is 3.90. The van der Waals surface area contributed by atoms with Crippen LogP contribution in [0.5, 0.6) is 5.75 Å². The molecule has 1 aliphatic rings. The van der Waals surface area contributed by atoms with Gasteiger partial charge in [0.15, 0.2) is 5.78 Å². The molecule has 0 aliphatic carbocycles. The number of ketones is 1. The number of Topliss-reactive ketones (excluding diaryl/α,β-unsaturated/α-hetero) is 1. The maximum atomic E-state index is 13.3. The van der Waals surface area contributed by atoms with Crippen LogP contribution >= 0.6 is 11.8 Å². The highest BCUT2D eigenvalue weighted by molar-refractivity contribution is 7.99. The molecule has 0 unspecified atom stereocenters. The zero-order valence-electron chi connectivity index (χ0n) is 10.5. The van der Waals surface area contributed by atoms with Crippen LogP contribution in [0.25, 0.3) is 6.08 Å². The lowest BCUT2D eigenvalue weighted by Crippen LogP contribution is -2.12. The first-order valence-electron chi connectivity index (χ1n) is 6.10. The van der Waals surface area contributed by atoms with Gasteiger partial charge in [-0.1, -0.05) is 12.1 Å². The fraction of sp³-hybridized carbons (Fsp3) is 0.0625. The minimum absolute atomic E-state index is 0.133. The molecule has 0 radical (unpaired) electrons. The van der Waals surface area contributed by atoms with E-state index in [4.69, 9.17) is 0 Å². The first-order valence-corrected chi connectivity index (χ1v) is 7.09. The first-order chi connectivity index (χ1) is 9.63. The van der Waals surface area contributed by atoms with Crippen LogP contribution in [0.4, 0.5) is 4.39 Å². The third-order valence-electron chi connectivity index (χ3n) is 3.10. The summed E-state index contributed by atoms with van der Waals surface area (Å²) in [6.45, 7) is 0. The molecule has 1 aliphatic heterocycles. The van der Waals surface area contributed by atoms with Crippen LogP contribution in [0.1, 0.15) is 15.9 Å². The van der Waals surface area contributed by atoms with E-state index in [9.17, 15) is 14.3 Å². The fourth-order valence-electron chi connectivity index (χ4n) is 2.08. The monoisotopic (exact) mass is 286 g/mol. The zero-order valence-corrected chi connectivity index (χ0v) is 11.3. The van der Waals surface area contributed by atoms with E-state index in [0.717, 1.165) is 10.5 Å². The van der Waals surface area contributed by atoms with Gasteiger partial charge in [0, 0.05) is 21.8 Å². The van der Waals surface area contributed by atoms with Crippen molar-refractivity contribution in [1.82, 2.24) is 0 Å². The normalized spacial score (nSPS) is 16.2. The van der Waals surface area contributed by atoms with Crippen molar-refractivity contribution < 1.29 is 14.3 Å². The molecule has 3 rings (SSSR count). The summed E-state index contributed by atoms with van der Waals surface area (Å²) in [4.78, 5) is 13.2.